The van der Waals surface area contributed by atoms with E-state index in [4.69, 9.17) is 23.1 Å². The van der Waals surface area contributed by atoms with Gasteiger partial charge in [0.1, 0.15) is 0 Å². The molecule has 0 bridgehead atoms. The summed E-state index contributed by atoms with van der Waals surface area (Å²) in [7, 11) is 0. The second kappa shape index (κ2) is 4.11. The number of nitrogens with zero attached hydrogens (tertiary/aromatic N) is 1. The number of thiocarbonyl (C=S) groups is 1. The number of anilines is 1. The van der Waals surface area contributed by atoms with Crippen LogP contribution in [0, 0.1) is 0 Å². The SMILES string of the molecule is NC1NC(=S)N(c2ccc(C(=O)O)cc2)C1=O. The van der Waals surface area contributed by atoms with Gasteiger partial charge in [-0.25, -0.2) is 4.79 Å². The van der Waals surface area contributed by atoms with E-state index in [1.165, 1.54) is 29.2 Å². The molecule has 0 saturated carbocycles. The molecule has 1 fully saturated rings. The molecule has 1 amide bonds. The van der Waals surface area contributed by atoms with Crippen molar-refractivity contribution < 1.29 is 14.7 Å². The first-order chi connectivity index (χ1) is 8.00. The van der Waals surface area contributed by atoms with Crippen LogP contribution in [0.25, 0.3) is 0 Å². The highest BCUT2D eigenvalue weighted by molar-refractivity contribution is 7.80. The molecule has 7 heteroatoms. The van der Waals surface area contributed by atoms with Crippen LogP contribution in [-0.2, 0) is 4.79 Å². The van der Waals surface area contributed by atoms with Crippen molar-refractivity contribution in [2.45, 2.75) is 6.17 Å². The molecule has 6 nitrogen and oxygen atoms in total. The van der Waals surface area contributed by atoms with Crippen molar-refractivity contribution in [2.75, 3.05) is 4.90 Å². The molecule has 1 saturated heterocycles. The fourth-order valence-corrected chi connectivity index (χ4v) is 1.82. The number of carboxylic acids is 1. The Morgan fingerprint density at radius 1 is 1.41 bits per heavy atom. The molecule has 1 aliphatic rings. The second-order valence-corrected chi connectivity index (χ2v) is 3.84. The Morgan fingerprint density at radius 2 is 2.00 bits per heavy atom. The first kappa shape index (κ1) is 11.5. The normalized spacial score (nSPS) is 19.4. The van der Waals surface area contributed by atoms with Gasteiger partial charge in [0.25, 0.3) is 5.91 Å². The van der Waals surface area contributed by atoms with Gasteiger partial charge < -0.3 is 16.2 Å². The van der Waals surface area contributed by atoms with Crippen LogP contribution in [0.2, 0.25) is 0 Å². The number of hydrogen-bond acceptors (Lipinski definition) is 4. The first-order valence-electron chi connectivity index (χ1n) is 4.74. The Balaban J connectivity index is 2.32. The molecule has 0 spiro atoms. The Labute approximate surface area is 102 Å². The number of carboxylic acid groups (broad SMARTS) is 1. The van der Waals surface area contributed by atoms with Crippen LogP contribution in [-0.4, -0.2) is 28.3 Å². The van der Waals surface area contributed by atoms with E-state index in [2.05, 4.69) is 5.32 Å². The summed E-state index contributed by atoms with van der Waals surface area (Å²) in [6, 6.07) is 5.82. The smallest absolute Gasteiger partial charge is 0.335 e. The van der Waals surface area contributed by atoms with Crippen LogP contribution in [0.1, 0.15) is 10.4 Å². The van der Waals surface area contributed by atoms with Gasteiger partial charge in [0, 0.05) is 0 Å². The summed E-state index contributed by atoms with van der Waals surface area (Å²) in [6.45, 7) is 0. The second-order valence-electron chi connectivity index (χ2n) is 3.45. The topological polar surface area (TPSA) is 95.7 Å². The van der Waals surface area contributed by atoms with Crippen LogP contribution in [0.15, 0.2) is 24.3 Å². The number of rotatable bonds is 2. The number of carbonyl (C=O) groups is 2. The van der Waals surface area contributed by atoms with Crippen molar-refractivity contribution in [1.29, 1.82) is 0 Å². The molecule has 1 heterocycles. The summed E-state index contributed by atoms with van der Waals surface area (Å²) < 4.78 is 0. The van der Waals surface area contributed by atoms with Gasteiger partial charge in [0.15, 0.2) is 11.3 Å². The minimum atomic E-state index is -1.03. The van der Waals surface area contributed by atoms with Gasteiger partial charge in [-0.05, 0) is 36.5 Å². The third kappa shape index (κ3) is 1.97. The highest BCUT2D eigenvalue weighted by atomic mass is 32.1. The minimum Gasteiger partial charge on any atom is -0.478 e. The lowest BCUT2D eigenvalue weighted by Crippen LogP contribution is -2.38. The van der Waals surface area contributed by atoms with Gasteiger partial charge in [-0.3, -0.25) is 9.69 Å². The summed E-state index contributed by atoms with van der Waals surface area (Å²) in [5.74, 6) is -1.39. The van der Waals surface area contributed by atoms with E-state index >= 15 is 0 Å². The molecule has 88 valence electrons. The van der Waals surface area contributed by atoms with Crippen LogP contribution in [0.3, 0.4) is 0 Å². The molecule has 1 aromatic carbocycles. The van der Waals surface area contributed by atoms with E-state index in [1.54, 1.807) is 0 Å². The number of benzene rings is 1. The molecule has 0 aliphatic carbocycles. The summed E-state index contributed by atoms with van der Waals surface area (Å²) in [6.07, 6.45) is -0.846. The van der Waals surface area contributed by atoms with Crippen LogP contribution in [0.5, 0.6) is 0 Å². The molecule has 2 rings (SSSR count). The maximum absolute atomic E-state index is 11.7. The lowest BCUT2D eigenvalue weighted by molar-refractivity contribution is -0.118. The zero-order chi connectivity index (χ0) is 12.6. The number of amides is 1. The molecule has 0 radical (unpaired) electrons. The zero-order valence-corrected chi connectivity index (χ0v) is 9.40. The monoisotopic (exact) mass is 251 g/mol. The van der Waals surface area contributed by atoms with Crippen LogP contribution in [0.4, 0.5) is 5.69 Å². The van der Waals surface area contributed by atoms with Gasteiger partial charge in [-0.2, -0.15) is 0 Å². The molecule has 1 unspecified atom stereocenters. The van der Waals surface area contributed by atoms with Crippen LogP contribution < -0.4 is 16.0 Å². The van der Waals surface area contributed by atoms with Gasteiger partial charge in [-0.15, -0.1) is 0 Å². The first-order valence-corrected chi connectivity index (χ1v) is 5.15. The highest BCUT2D eigenvalue weighted by Crippen LogP contribution is 2.19. The molecule has 4 N–H and O–H groups in total. The molecule has 1 aromatic rings. The van der Waals surface area contributed by atoms with Gasteiger partial charge in [0.2, 0.25) is 0 Å². The third-order valence-corrected chi connectivity index (χ3v) is 2.64. The molecule has 0 aromatic heterocycles. The average molecular weight is 251 g/mol. The maximum Gasteiger partial charge on any atom is 0.335 e. The van der Waals surface area contributed by atoms with Crippen molar-refractivity contribution in [3.05, 3.63) is 29.8 Å². The molecule has 17 heavy (non-hydrogen) atoms. The molecule has 1 aliphatic heterocycles. The average Bonchev–Trinajstić information content (AvgIpc) is 2.53. The van der Waals surface area contributed by atoms with Crippen LogP contribution >= 0.6 is 12.2 Å². The predicted molar refractivity (Wildman–Crippen MR) is 64.6 cm³/mol. The predicted octanol–water partition coefficient (Wildman–Crippen LogP) is -0.109. The van der Waals surface area contributed by atoms with E-state index < -0.39 is 12.1 Å². The molecular weight excluding hydrogens is 242 g/mol. The Morgan fingerprint density at radius 3 is 2.41 bits per heavy atom. The van der Waals surface area contributed by atoms with E-state index in [-0.39, 0.29) is 16.6 Å². The number of aromatic carboxylic acids is 1. The van der Waals surface area contributed by atoms with Crippen molar-refractivity contribution in [1.82, 2.24) is 5.32 Å². The number of hydrogen-bond donors (Lipinski definition) is 3. The van der Waals surface area contributed by atoms with E-state index in [0.29, 0.717) is 5.69 Å². The fourth-order valence-electron chi connectivity index (χ4n) is 1.50. The van der Waals surface area contributed by atoms with E-state index in [9.17, 15) is 9.59 Å². The van der Waals surface area contributed by atoms with E-state index in [0.717, 1.165) is 0 Å². The minimum absolute atomic E-state index is 0.142. The Bertz CT molecular complexity index is 500. The summed E-state index contributed by atoms with van der Waals surface area (Å²) in [4.78, 5) is 23.6. The van der Waals surface area contributed by atoms with Gasteiger partial charge >= 0.3 is 5.97 Å². The van der Waals surface area contributed by atoms with Crippen molar-refractivity contribution in [3.63, 3.8) is 0 Å². The maximum atomic E-state index is 11.7. The summed E-state index contributed by atoms with van der Waals surface area (Å²) in [5.41, 5.74) is 6.12. The standard InChI is InChI=1S/C10H9N3O3S/c11-7-8(14)13(10(17)12-7)6-3-1-5(2-4-6)9(15)16/h1-4,7H,11H2,(H,12,17)(H,15,16). The van der Waals surface area contributed by atoms with E-state index in [1.807, 2.05) is 0 Å². The number of nitrogens with two attached hydrogens (primary N) is 1. The number of nitrogens with one attached hydrogen (secondary N) is 1. The van der Waals surface area contributed by atoms with Crippen molar-refractivity contribution in [3.8, 4) is 0 Å². The van der Waals surface area contributed by atoms with Crippen molar-refractivity contribution in [2.24, 2.45) is 5.73 Å². The van der Waals surface area contributed by atoms with Crippen molar-refractivity contribution >= 4 is 34.9 Å². The summed E-state index contributed by atoms with van der Waals surface area (Å²) in [5, 5.41) is 11.6. The third-order valence-electron chi connectivity index (χ3n) is 2.34. The lowest BCUT2D eigenvalue weighted by Gasteiger charge is -2.14. The quantitative estimate of drug-likeness (QED) is 0.635. The van der Waals surface area contributed by atoms with Gasteiger partial charge in [-0.1, -0.05) is 0 Å². The largest absolute Gasteiger partial charge is 0.478 e. The Kier molecular flexibility index (Phi) is 2.78. The fraction of sp³-hybridized carbons (Fsp3) is 0.100. The highest BCUT2D eigenvalue weighted by Gasteiger charge is 2.33. The lowest BCUT2D eigenvalue weighted by atomic mass is 10.2. The van der Waals surface area contributed by atoms with Gasteiger partial charge in [0.05, 0.1) is 11.3 Å². The number of carbonyl (C=O) groups excluding carboxylic acids is 1. The Hall–Kier alpha value is -1.99. The zero-order valence-electron chi connectivity index (χ0n) is 8.58. The molecule has 1 atom stereocenters. The molecular formula is C10H9N3O3S. The summed E-state index contributed by atoms with van der Waals surface area (Å²) >= 11 is 4.96.